The number of carboxylic acids is 1. The Morgan fingerprint density at radius 2 is 1.91 bits per heavy atom. The molecule has 0 spiro atoms. The van der Waals surface area contributed by atoms with Crippen molar-refractivity contribution >= 4 is 5.97 Å². The molecule has 22 heavy (non-hydrogen) atoms. The fourth-order valence-electron chi connectivity index (χ4n) is 2.23. The zero-order valence-electron chi connectivity index (χ0n) is 12.1. The Labute approximate surface area is 128 Å². The topological polar surface area (TPSA) is 63.3 Å². The standard InChI is InChI=1S/C18H15NO3/c1-2-12-6-8-13(9-7-12)17-19-11-16(22-17)14-4-3-5-15(10-14)18(20)21/h3-11H,2H2,1H3,(H,20,21). The lowest BCUT2D eigenvalue weighted by Gasteiger charge is -2.00. The number of hydrogen-bond acceptors (Lipinski definition) is 3. The Bertz CT molecular complexity index is 803. The van der Waals surface area contributed by atoms with E-state index in [1.807, 2.05) is 24.3 Å². The number of carboxylic acid groups (broad SMARTS) is 1. The minimum atomic E-state index is -0.961. The van der Waals surface area contributed by atoms with Crippen LogP contribution in [0.25, 0.3) is 22.8 Å². The molecule has 0 aliphatic carbocycles. The van der Waals surface area contributed by atoms with Gasteiger partial charge < -0.3 is 9.52 Å². The first-order valence-corrected chi connectivity index (χ1v) is 7.06. The predicted molar refractivity (Wildman–Crippen MR) is 83.7 cm³/mol. The first kappa shape index (κ1) is 14.1. The van der Waals surface area contributed by atoms with Gasteiger partial charge in [-0.15, -0.1) is 0 Å². The Morgan fingerprint density at radius 3 is 2.59 bits per heavy atom. The van der Waals surface area contributed by atoms with E-state index >= 15 is 0 Å². The fourth-order valence-corrected chi connectivity index (χ4v) is 2.23. The monoisotopic (exact) mass is 293 g/mol. The summed E-state index contributed by atoms with van der Waals surface area (Å²) in [5, 5.41) is 9.04. The van der Waals surface area contributed by atoms with Crippen LogP contribution >= 0.6 is 0 Å². The molecule has 4 heteroatoms. The van der Waals surface area contributed by atoms with Crippen LogP contribution in [0.3, 0.4) is 0 Å². The highest BCUT2D eigenvalue weighted by Gasteiger charge is 2.10. The number of aryl methyl sites for hydroxylation is 1. The molecule has 0 aliphatic heterocycles. The molecule has 4 nitrogen and oxygen atoms in total. The van der Waals surface area contributed by atoms with Crippen molar-refractivity contribution in [1.29, 1.82) is 0 Å². The number of benzene rings is 2. The number of hydrogen-bond donors (Lipinski definition) is 1. The summed E-state index contributed by atoms with van der Waals surface area (Å²) >= 11 is 0. The lowest BCUT2D eigenvalue weighted by Crippen LogP contribution is -1.95. The molecule has 0 radical (unpaired) electrons. The van der Waals surface area contributed by atoms with Gasteiger partial charge in [-0.3, -0.25) is 0 Å². The first-order chi connectivity index (χ1) is 10.7. The molecule has 0 bridgehead atoms. The Hall–Kier alpha value is -2.88. The van der Waals surface area contributed by atoms with Crippen molar-refractivity contribution in [3.8, 4) is 22.8 Å². The van der Waals surface area contributed by atoms with Gasteiger partial charge in [-0.2, -0.15) is 0 Å². The Balaban J connectivity index is 1.93. The number of aromatic carboxylic acids is 1. The first-order valence-electron chi connectivity index (χ1n) is 7.06. The number of rotatable bonds is 4. The van der Waals surface area contributed by atoms with Crippen LogP contribution in [0.15, 0.2) is 59.1 Å². The van der Waals surface area contributed by atoms with Crippen LogP contribution in [0.4, 0.5) is 0 Å². The smallest absolute Gasteiger partial charge is 0.335 e. The van der Waals surface area contributed by atoms with Crippen molar-refractivity contribution in [2.45, 2.75) is 13.3 Å². The number of aromatic nitrogens is 1. The average Bonchev–Trinajstić information content (AvgIpc) is 3.05. The van der Waals surface area contributed by atoms with Crippen molar-refractivity contribution in [3.63, 3.8) is 0 Å². The van der Waals surface area contributed by atoms with Crippen LogP contribution in [-0.2, 0) is 6.42 Å². The minimum absolute atomic E-state index is 0.225. The molecular formula is C18H15NO3. The summed E-state index contributed by atoms with van der Waals surface area (Å²) in [6.45, 7) is 2.10. The van der Waals surface area contributed by atoms with E-state index < -0.39 is 5.97 Å². The molecule has 0 atom stereocenters. The van der Waals surface area contributed by atoms with Gasteiger partial charge in [-0.1, -0.05) is 31.2 Å². The molecule has 0 aliphatic rings. The van der Waals surface area contributed by atoms with E-state index in [1.54, 1.807) is 30.5 Å². The van der Waals surface area contributed by atoms with Crippen LogP contribution in [0.5, 0.6) is 0 Å². The van der Waals surface area contributed by atoms with Gasteiger partial charge in [0.15, 0.2) is 5.76 Å². The third kappa shape index (κ3) is 2.76. The molecular weight excluding hydrogens is 278 g/mol. The van der Waals surface area contributed by atoms with Crippen LogP contribution in [0.1, 0.15) is 22.8 Å². The highest BCUT2D eigenvalue weighted by atomic mass is 16.4. The Kier molecular flexibility index (Phi) is 3.74. The largest absolute Gasteiger partial charge is 0.478 e. The molecule has 1 aromatic heterocycles. The predicted octanol–water partition coefficient (Wildman–Crippen LogP) is 4.27. The summed E-state index contributed by atoms with van der Waals surface area (Å²) in [6.07, 6.45) is 2.60. The molecule has 2 aromatic carbocycles. The molecule has 3 aromatic rings. The highest BCUT2D eigenvalue weighted by molar-refractivity contribution is 5.89. The number of nitrogens with zero attached hydrogens (tertiary/aromatic N) is 1. The second kappa shape index (κ2) is 5.85. The van der Waals surface area contributed by atoms with Crippen molar-refractivity contribution in [2.75, 3.05) is 0 Å². The van der Waals surface area contributed by atoms with Gasteiger partial charge >= 0.3 is 5.97 Å². The van der Waals surface area contributed by atoms with Gasteiger partial charge in [-0.25, -0.2) is 9.78 Å². The summed E-state index contributed by atoms with van der Waals surface area (Å²) in [4.78, 5) is 15.3. The van der Waals surface area contributed by atoms with E-state index in [2.05, 4.69) is 11.9 Å². The van der Waals surface area contributed by atoms with E-state index in [9.17, 15) is 4.79 Å². The zero-order valence-corrected chi connectivity index (χ0v) is 12.1. The van der Waals surface area contributed by atoms with Gasteiger partial charge in [0.1, 0.15) is 0 Å². The summed E-state index contributed by atoms with van der Waals surface area (Å²) in [5.41, 5.74) is 3.08. The molecule has 0 saturated heterocycles. The van der Waals surface area contributed by atoms with Crippen molar-refractivity contribution < 1.29 is 14.3 Å². The second-order valence-electron chi connectivity index (χ2n) is 4.97. The van der Waals surface area contributed by atoms with Gasteiger partial charge in [-0.05, 0) is 36.2 Å². The SMILES string of the molecule is CCc1ccc(-c2ncc(-c3cccc(C(=O)O)c3)o2)cc1. The number of oxazole rings is 1. The van der Waals surface area contributed by atoms with Gasteiger partial charge in [0.25, 0.3) is 0 Å². The van der Waals surface area contributed by atoms with Gasteiger partial charge in [0.2, 0.25) is 5.89 Å². The van der Waals surface area contributed by atoms with Crippen LogP contribution in [-0.4, -0.2) is 16.1 Å². The van der Waals surface area contributed by atoms with Crippen LogP contribution in [0.2, 0.25) is 0 Å². The average molecular weight is 293 g/mol. The molecule has 0 saturated carbocycles. The summed E-state index contributed by atoms with van der Waals surface area (Å²) < 4.78 is 5.76. The van der Waals surface area contributed by atoms with Gasteiger partial charge in [0, 0.05) is 11.1 Å². The maximum Gasteiger partial charge on any atom is 0.335 e. The second-order valence-corrected chi connectivity index (χ2v) is 4.97. The maximum absolute atomic E-state index is 11.0. The third-order valence-electron chi connectivity index (χ3n) is 3.51. The third-order valence-corrected chi connectivity index (χ3v) is 3.51. The fraction of sp³-hybridized carbons (Fsp3) is 0.111. The van der Waals surface area contributed by atoms with E-state index in [4.69, 9.17) is 9.52 Å². The lowest BCUT2D eigenvalue weighted by molar-refractivity contribution is 0.0697. The van der Waals surface area contributed by atoms with Crippen molar-refractivity contribution in [3.05, 3.63) is 65.9 Å². The summed E-state index contributed by atoms with van der Waals surface area (Å²) in [6, 6.07) is 14.7. The quantitative estimate of drug-likeness (QED) is 0.780. The van der Waals surface area contributed by atoms with E-state index in [0.717, 1.165) is 12.0 Å². The minimum Gasteiger partial charge on any atom is -0.478 e. The highest BCUT2D eigenvalue weighted by Crippen LogP contribution is 2.26. The molecule has 0 fully saturated rings. The summed E-state index contributed by atoms with van der Waals surface area (Å²) in [7, 11) is 0. The lowest BCUT2D eigenvalue weighted by atomic mass is 10.1. The molecule has 3 rings (SSSR count). The van der Waals surface area contributed by atoms with E-state index in [-0.39, 0.29) is 5.56 Å². The van der Waals surface area contributed by atoms with E-state index in [1.165, 1.54) is 5.56 Å². The number of carbonyl (C=O) groups is 1. The van der Waals surface area contributed by atoms with Crippen molar-refractivity contribution in [1.82, 2.24) is 4.98 Å². The molecule has 0 unspecified atom stereocenters. The molecule has 110 valence electrons. The zero-order chi connectivity index (χ0) is 15.5. The van der Waals surface area contributed by atoms with Crippen LogP contribution < -0.4 is 0 Å². The maximum atomic E-state index is 11.0. The summed E-state index contributed by atoms with van der Waals surface area (Å²) in [5.74, 6) is 0.118. The molecule has 0 amide bonds. The normalized spacial score (nSPS) is 10.6. The van der Waals surface area contributed by atoms with E-state index in [0.29, 0.717) is 17.2 Å². The van der Waals surface area contributed by atoms with Crippen LogP contribution in [0, 0.1) is 0 Å². The molecule has 1 heterocycles. The Morgan fingerprint density at radius 1 is 1.14 bits per heavy atom. The van der Waals surface area contributed by atoms with Crippen molar-refractivity contribution in [2.24, 2.45) is 0 Å². The molecule has 1 N–H and O–H groups in total. The van der Waals surface area contributed by atoms with Gasteiger partial charge in [0.05, 0.1) is 11.8 Å².